The summed E-state index contributed by atoms with van der Waals surface area (Å²) in [5.41, 5.74) is -0.0568. The summed E-state index contributed by atoms with van der Waals surface area (Å²) in [6.45, 7) is 7.40. The van der Waals surface area contributed by atoms with Crippen LogP contribution in [0.25, 0.3) is 0 Å². The number of hydrogen-bond acceptors (Lipinski definition) is 3. The molecule has 0 aliphatic rings. The summed E-state index contributed by atoms with van der Waals surface area (Å²) >= 11 is 10.8. The van der Waals surface area contributed by atoms with E-state index in [2.05, 4.69) is 0 Å². The molecule has 6 heteroatoms. The van der Waals surface area contributed by atoms with Gasteiger partial charge in [-0.15, -0.1) is 0 Å². The monoisotopic (exact) mass is 300 g/mol. The molecule has 102 valence electrons. The van der Waals surface area contributed by atoms with E-state index in [1.54, 1.807) is 0 Å². The van der Waals surface area contributed by atoms with Crippen molar-refractivity contribution in [1.82, 2.24) is 0 Å². The van der Waals surface area contributed by atoms with Crippen LogP contribution in [0.1, 0.15) is 46.5 Å². The number of halogens is 2. The van der Waals surface area contributed by atoms with E-state index in [0.29, 0.717) is 6.61 Å². The smallest absolute Gasteiger partial charge is 0.523 e. The Morgan fingerprint density at radius 3 is 2.06 bits per heavy atom. The van der Waals surface area contributed by atoms with Crippen LogP contribution >= 0.6 is 23.2 Å². The number of rotatable bonds is 9. The van der Waals surface area contributed by atoms with Crippen LogP contribution in [0.3, 0.4) is 0 Å². The van der Waals surface area contributed by atoms with Gasteiger partial charge in [-0.2, -0.15) is 0 Å². The van der Waals surface area contributed by atoms with Crippen molar-refractivity contribution >= 4 is 32.1 Å². The third-order valence-corrected chi connectivity index (χ3v) is 3.91. The minimum absolute atomic E-state index is 0.0568. The first kappa shape index (κ1) is 17.4. The maximum atomic E-state index is 11.1. The molecule has 0 saturated carbocycles. The van der Waals surface area contributed by atoms with Gasteiger partial charge in [0.05, 0.1) is 12.2 Å². The molecular formula is C11H22Cl2O3Si. The van der Waals surface area contributed by atoms with E-state index in [-0.39, 0.29) is 5.60 Å². The van der Waals surface area contributed by atoms with Crippen molar-refractivity contribution in [3.8, 4) is 0 Å². The van der Waals surface area contributed by atoms with E-state index in [4.69, 9.17) is 32.4 Å². The van der Waals surface area contributed by atoms with Crippen molar-refractivity contribution in [1.29, 1.82) is 0 Å². The zero-order chi connectivity index (χ0) is 13.3. The van der Waals surface area contributed by atoms with Crippen LogP contribution in [0.4, 0.5) is 0 Å². The van der Waals surface area contributed by atoms with Gasteiger partial charge >= 0.3 is 8.93 Å². The standard InChI is InChI=1S/C11H22Cl2O3Si/c1-11(2,3)15-8-6-4-5-7-9-16-17(14)10(12)13/h10H,4-9H2,1-3H3. The highest BCUT2D eigenvalue weighted by molar-refractivity contribution is 6.68. The molecule has 0 rings (SSSR count). The molecule has 0 heterocycles. The summed E-state index contributed by atoms with van der Waals surface area (Å²) in [5, 5.41) is 0. The molecule has 0 aromatic carbocycles. The van der Waals surface area contributed by atoms with Gasteiger partial charge in [-0.3, -0.25) is 0 Å². The molecule has 3 nitrogen and oxygen atoms in total. The Bertz CT molecular complexity index is 217. The summed E-state index contributed by atoms with van der Waals surface area (Å²) in [5.74, 6) is 0. The molecule has 0 aromatic rings. The predicted octanol–water partition coefficient (Wildman–Crippen LogP) is 3.64. The molecule has 0 aromatic heterocycles. The molecule has 17 heavy (non-hydrogen) atoms. The van der Waals surface area contributed by atoms with Gasteiger partial charge in [0.15, 0.2) is 4.46 Å². The molecular weight excluding hydrogens is 279 g/mol. The number of ether oxygens (including phenoxy) is 1. The first-order valence-electron chi connectivity index (χ1n) is 5.91. The lowest BCUT2D eigenvalue weighted by molar-refractivity contribution is -0.00481. The molecule has 0 N–H and O–H groups in total. The summed E-state index contributed by atoms with van der Waals surface area (Å²) in [4.78, 5) is 0. The molecule has 0 spiro atoms. The van der Waals surface area contributed by atoms with Crippen LogP contribution < -0.4 is 0 Å². The van der Waals surface area contributed by atoms with Crippen molar-refractivity contribution in [2.75, 3.05) is 13.2 Å². The zero-order valence-electron chi connectivity index (χ0n) is 10.8. The Hall–Kier alpha value is 0.357. The maximum Gasteiger partial charge on any atom is 0.537 e. The highest BCUT2D eigenvalue weighted by Gasteiger charge is 2.17. The minimum atomic E-state index is -2.27. The second-order valence-corrected chi connectivity index (χ2v) is 8.18. The zero-order valence-corrected chi connectivity index (χ0v) is 13.3. The van der Waals surface area contributed by atoms with E-state index < -0.39 is 13.4 Å². The summed E-state index contributed by atoms with van der Waals surface area (Å²) in [7, 11) is -2.27. The molecule has 0 bridgehead atoms. The Morgan fingerprint density at radius 1 is 1.06 bits per heavy atom. The van der Waals surface area contributed by atoms with Gasteiger partial charge in [0.25, 0.3) is 0 Å². The summed E-state index contributed by atoms with van der Waals surface area (Å²) < 4.78 is 20.8. The first-order valence-corrected chi connectivity index (χ1v) is 8.18. The van der Waals surface area contributed by atoms with Crippen molar-refractivity contribution in [2.24, 2.45) is 0 Å². The van der Waals surface area contributed by atoms with Crippen molar-refractivity contribution in [3.05, 3.63) is 0 Å². The van der Waals surface area contributed by atoms with E-state index in [0.717, 1.165) is 32.3 Å². The Morgan fingerprint density at radius 2 is 1.59 bits per heavy atom. The Kier molecular flexibility index (Phi) is 9.50. The molecule has 0 atom stereocenters. The third kappa shape index (κ3) is 12.6. The van der Waals surface area contributed by atoms with E-state index >= 15 is 0 Å². The van der Waals surface area contributed by atoms with Crippen LogP contribution in [0.2, 0.25) is 0 Å². The quantitative estimate of drug-likeness (QED) is 0.370. The summed E-state index contributed by atoms with van der Waals surface area (Å²) in [6.07, 6.45) is 4.05. The highest BCUT2D eigenvalue weighted by atomic mass is 35.5. The summed E-state index contributed by atoms with van der Waals surface area (Å²) in [6, 6.07) is 0. The predicted molar refractivity (Wildman–Crippen MR) is 72.1 cm³/mol. The fourth-order valence-electron chi connectivity index (χ4n) is 1.17. The Balaban J connectivity index is 3.22. The van der Waals surface area contributed by atoms with Gasteiger partial charge in [-0.1, -0.05) is 36.0 Å². The normalized spacial score (nSPS) is 11.9. The van der Waals surface area contributed by atoms with Crippen LogP contribution in [-0.4, -0.2) is 32.2 Å². The molecule has 0 saturated heterocycles. The van der Waals surface area contributed by atoms with E-state index in [1.165, 1.54) is 0 Å². The fourth-order valence-corrected chi connectivity index (χ4v) is 2.02. The minimum Gasteiger partial charge on any atom is -0.523 e. The van der Waals surface area contributed by atoms with E-state index in [1.807, 2.05) is 20.8 Å². The number of alkyl halides is 2. The van der Waals surface area contributed by atoms with Gasteiger partial charge in [0.2, 0.25) is 0 Å². The van der Waals surface area contributed by atoms with Gasteiger partial charge in [0.1, 0.15) is 0 Å². The molecule has 0 aliphatic heterocycles. The van der Waals surface area contributed by atoms with Gasteiger partial charge < -0.3 is 13.6 Å². The Labute approximate surface area is 116 Å². The second kappa shape index (κ2) is 9.31. The molecule has 0 fully saturated rings. The van der Waals surface area contributed by atoms with Gasteiger partial charge in [0, 0.05) is 6.61 Å². The average Bonchev–Trinajstić information content (AvgIpc) is 2.19. The van der Waals surface area contributed by atoms with Crippen LogP contribution in [0, 0.1) is 0 Å². The average molecular weight is 301 g/mol. The lowest BCUT2D eigenvalue weighted by Gasteiger charge is -2.19. The van der Waals surface area contributed by atoms with Gasteiger partial charge in [-0.05, 0) is 33.6 Å². The number of hydrogen-bond donors (Lipinski definition) is 0. The van der Waals surface area contributed by atoms with Crippen molar-refractivity contribution in [2.45, 2.75) is 56.5 Å². The van der Waals surface area contributed by atoms with E-state index in [9.17, 15) is 4.46 Å². The topological polar surface area (TPSA) is 35.5 Å². The van der Waals surface area contributed by atoms with Crippen LogP contribution in [-0.2, 0) is 13.6 Å². The van der Waals surface area contributed by atoms with Crippen molar-refractivity contribution < 1.29 is 13.6 Å². The molecule has 0 unspecified atom stereocenters. The molecule has 0 radical (unpaired) electrons. The van der Waals surface area contributed by atoms with Gasteiger partial charge in [-0.25, -0.2) is 0 Å². The molecule has 0 aliphatic carbocycles. The molecule has 0 amide bonds. The van der Waals surface area contributed by atoms with Crippen LogP contribution in [0.5, 0.6) is 0 Å². The lowest BCUT2D eigenvalue weighted by atomic mass is 10.2. The second-order valence-electron chi connectivity index (χ2n) is 4.84. The fraction of sp³-hybridized carbons (Fsp3) is 1.00. The van der Waals surface area contributed by atoms with Crippen molar-refractivity contribution in [3.63, 3.8) is 0 Å². The largest absolute Gasteiger partial charge is 0.537 e. The highest BCUT2D eigenvalue weighted by Crippen LogP contribution is 2.09. The third-order valence-electron chi connectivity index (χ3n) is 2.00. The lowest BCUT2D eigenvalue weighted by Crippen LogP contribution is -2.19. The number of unbranched alkanes of at least 4 members (excludes halogenated alkanes) is 3. The maximum absolute atomic E-state index is 11.1. The SMILES string of the molecule is CC(C)(C)OCCCCCCO[Si](=O)C(Cl)Cl. The first-order chi connectivity index (χ1) is 7.83. The van der Waals surface area contributed by atoms with Crippen LogP contribution in [0.15, 0.2) is 0 Å².